The molecular formula is C19H19N3O5S. The molecule has 0 saturated carbocycles. The van der Waals surface area contributed by atoms with Crippen LogP contribution in [0.4, 0.5) is 5.69 Å². The molecule has 146 valence electrons. The van der Waals surface area contributed by atoms with Gasteiger partial charge in [-0.2, -0.15) is 0 Å². The molecule has 0 aliphatic carbocycles. The first-order valence-electron chi connectivity index (χ1n) is 8.41. The van der Waals surface area contributed by atoms with Crippen molar-refractivity contribution in [3.63, 3.8) is 0 Å². The standard InChI is InChI=1S/C19H19N3O5S/c1-27-19(24)14-7-9-15(10-8-14)22(28(2,25)26)12-11-21-13-20-17-6-4-3-5-16(17)18(21)23/h3-10,13H,11-12H2,1-2H3. The van der Waals surface area contributed by atoms with Crippen molar-refractivity contribution >= 4 is 32.6 Å². The van der Waals surface area contributed by atoms with Crippen LogP contribution in [-0.4, -0.2) is 43.8 Å². The van der Waals surface area contributed by atoms with Gasteiger partial charge in [0.25, 0.3) is 5.56 Å². The summed E-state index contributed by atoms with van der Waals surface area (Å²) in [7, 11) is -2.33. The molecule has 1 aromatic heterocycles. The Labute approximate surface area is 162 Å². The maximum atomic E-state index is 12.6. The molecule has 0 radical (unpaired) electrons. The predicted molar refractivity (Wildman–Crippen MR) is 106 cm³/mol. The summed E-state index contributed by atoms with van der Waals surface area (Å²) in [6, 6.07) is 13.0. The van der Waals surface area contributed by atoms with E-state index < -0.39 is 16.0 Å². The lowest BCUT2D eigenvalue weighted by Gasteiger charge is -2.23. The average Bonchev–Trinajstić information content (AvgIpc) is 2.69. The van der Waals surface area contributed by atoms with Gasteiger partial charge in [0.1, 0.15) is 0 Å². The second kappa shape index (κ2) is 7.81. The molecule has 0 amide bonds. The highest BCUT2D eigenvalue weighted by Crippen LogP contribution is 2.19. The van der Waals surface area contributed by atoms with Crippen LogP contribution in [0.5, 0.6) is 0 Å². The van der Waals surface area contributed by atoms with Crippen LogP contribution < -0.4 is 9.86 Å². The quantitative estimate of drug-likeness (QED) is 0.583. The molecule has 9 heteroatoms. The summed E-state index contributed by atoms with van der Waals surface area (Å²) in [4.78, 5) is 28.4. The number of esters is 1. The number of ether oxygens (including phenoxy) is 1. The van der Waals surface area contributed by atoms with Gasteiger partial charge in [-0.15, -0.1) is 0 Å². The summed E-state index contributed by atoms with van der Waals surface area (Å²) in [6.07, 6.45) is 2.49. The van der Waals surface area contributed by atoms with Crippen molar-refractivity contribution in [2.75, 3.05) is 24.2 Å². The van der Waals surface area contributed by atoms with Gasteiger partial charge in [-0.25, -0.2) is 18.2 Å². The molecule has 8 nitrogen and oxygen atoms in total. The Balaban J connectivity index is 1.88. The number of carbonyl (C=O) groups is 1. The summed E-state index contributed by atoms with van der Waals surface area (Å²) >= 11 is 0. The number of aromatic nitrogens is 2. The van der Waals surface area contributed by atoms with Crippen molar-refractivity contribution in [3.8, 4) is 0 Å². The van der Waals surface area contributed by atoms with Gasteiger partial charge in [-0.1, -0.05) is 12.1 Å². The SMILES string of the molecule is COC(=O)c1ccc(N(CCn2cnc3ccccc3c2=O)S(C)(=O)=O)cc1. The lowest BCUT2D eigenvalue weighted by atomic mass is 10.2. The van der Waals surface area contributed by atoms with Crippen molar-refractivity contribution in [1.29, 1.82) is 0 Å². The molecule has 0 aliphatic rings. The number of para-hydroxylation sites is 1. The number of methoxy groups -OCH3 is 1. The van der Waals surface area contributed by atoms with Gasteiger partial charge >= 0.3 is 5.97 Å². The second-order valence-electron chi connectivity index (χ2n) is 6.13. The van der Waals surface area contributed by atoms with E-state index >= 15 is 0 Å². The van der Waals surface area contributed by atoms with Gasteiger partial charge in [-0.3, -0.25) is 13.7 Å². The first-order valence-corrected chi connectivity index (χ1v) is 10.3. The summed E-state index contributed by atoms with van der Waals surface area (Å²) in [5, 5.41) is 0.471. The van der Waals surface area contributed by atoms with Crippen LogP contribution in [0.2, 0.25) is 0 Å². The van der Waals surface area contributed by atoms with Gasteiger partial charge in [0.15, 0.2) is 0 Å². The van der Waals surface area contributed by atoms with Crippen LogP contribution in [0.15, 0.2) is 59.7 Å². The van der Waals surface area contributed by atoms with Crippen molar-refractivity contribution < 1.29 is 17.9 Å². The number of rotatable bonds is 6. The molecule has 0 fully saturated rings. The smallest absolute Gasteiger partial charge is 0.337 e. The Kier molecular flexibility index (Phi) is 5.46. The molecule has 0 unspecified atom stereocenters. The summed E-state index contributed by atoms with van der Waals surface area (Å²) in [5.74, 6) is -0.508. The minimum Gasteiger partial charge on any atom is -0.465 e. The fraction of sp³-hybridized carbons (Fsp3) is 0.211. The lowest BCUT2D eigenvalue weighted by Crippen LogP contribution is -2.35. The highest BCUT2D eigenvalue weighted by molar-refractivity contribution is 7.92. The Morgan fingerprint density at radius 1 is 1.14 bits per heavy atom. The number of fused-ring (bicyclic) bond motifs is 1. The van der Waals surface area contributed by atoms with E-state index in [1.165, 1.54) is 46.6 Å². The molecule has 3 rings (SSSR count). The van der Waals surface area contributed by atoms with Crippen LogP contribution in [0.3, 0.4) is 0 Å². The number of anilines is 1. The molecule has 0 saturated heterocycles. The molecule has 0 bridgehead atoms. The topological polar surface area (TPSA) is 98.6 Å². The van der Waals surface area contributed by atoms with Crippen molar-refractivity contribution in [3.05, 3.63) is 70.8 Å². The minimum absolute atomic E-state index is 0.0380. The van der Waals surface area contributed by atoms with Crippen molar-refractivity contribution in [2.24, 2.45) is 0 Å². The zero-order valence-corrected chi connectivity index (χ0v) is 16.2. The maximum absolute atomic E-state index is 12.6. The molecule has 2 aromatic carbocycles. The van der Waals surface area contributed by atoms with E-state index in [0.29, 0.717) is 22.2 Å². The average molecular weight is 401 g/mol. The van der Waals surface area contributed by atoms with Crippen molar-refractivity contribution in [2.45, 2.75) is 6.54 Å². The van der Waals surface area contributed by atoms with Crippen molar-refractivity contribution in [1.82, 2.24) is 9.55 Å². The van der Waals surface area contributed by atoms with E-state index in [4.69, 9.17) is 0 Å². The molecule has 0 aliphatic heterocycles. The van der Waals surface area contributed by atoms with E-state index in [-0.39, 0.29) is 18.6 Å². The monoisotopic (exact) mass is 401 g/mol. The van der Waals surface area contributed by atoms with E-state index in [1.54, 1.807) is 24.3 Å². The third-order valence-electron chi connectivity index (χ3n) is 4.25. The fourth-order valence-corrected chi connectivity index (χ4v) is 3.75. The van der Waals surface area contributed by atoms with E-state index in [0.717, 1.165) is 6.26 Å². The summed E-state index contributed by atoms with van der Waals surface area (Å²) in [5.41, 5.74) is 1.05. The fourth-order valence-electron chi connectivity index (χ4n) is 2.83. The summed E-state index contributed by atoms with van der Waals surface area (Å²) < 4.78 is 31.7. The number of sulfonamides is 1. The zero-order chi connectivity index (χ0) is 20.3. The van der Waals surface area contributed by atoms with Gasteiger partial charge in [0.05, 0.1) is 48.4 Å². The maximum Gasteiger partial charge on any atom is 0.337 e. The lowest BCUT2D eigenvalue weighted by molar-refractivity contribution is 0.0600. The van der Waals surface area contributed by atoms with E-state index in [2.05, 4.69) is 9.72 Å². The van der Waals surface area contributed by atoms with Crippen LogP contribution in [-0.2, 0) is 21.3 Å². The molecule has 0 spiro atoms. The normalized spacial score (nSPS) is 11.4. The molecule has 3 aromatic rings. The highest BCUT2D eigenvalue weighted by atomic mass is 32.2. The molecular weight excluding hydrogens is 382 g/mol. The van der Waals surface area contributed by atoms with Crippen LogP contribution in [0.1, 0.15) is 10.4 Å². The number of carbonyl (C=O) groups excluding carboxylic acids is 1. The largest absolute Gasteiger partial charge is 0.465 e. The number of nitrogens with zero attached hydrogens (tertiary/aromatic N) is 3. The predicted octanol–water partition coefficient (Wildman–Crippen LogP) is 1.65. The van der Waals surface area contributed by atoms with Crippen LogP contribution in [0, 0.1) is 0 Å². The number of hydrogen-bond donors (Lipinski definition) is 0. The Morgan fingerprint density at radius 3 is 2.46 bits per heavy atom. The molecule has 28 heavy (non-hydrogen) atoms. The minimum atomic E-state index is -3.60. The van der Waals surface area contributed by atoms with Crippen LogP contribution in [0.25, 0.3) is 10.9 Å². The first-order chi connectivity index (χ1) is 13.3. The highest BCUT2D eigenvalue weighted by Gasteiger charge is 2.18. The Hall–Kier alpha value is -3.20. The summed E-state index contributed by atoms with van der Waals surface area (Å²) in [6.45, 7) is 0.165. The number of benzene rings is 2. The van der Waals surface area contributed by atoms with Crippen LogP contribution >= 0.6 is 0 Å². The molecule has 1 heterocycles. The third-order valence-corrected chi connectivity index (χ3v) is 5.45. The van der Waals surface area contributed by atoms with Gasteiger partial charge in [0, 0.05) is 6.54 Å². The molecule has 0 atom stereocenters. The molecule has 0 N–H and O–H groups in total. The van der Waals surface area contributed by atoms with Gasteiger partial charge in [0.2, 0.25) is 10.0 Å². The van der Waals surface area contributed by atoms with E-state index in [1.807, 2.05) is 0 Å². The second-order valence-corrected chi connectivity index (χ2v) is 8.04. The van der Waals surface area contributed by atoms with E-state index in [9.17, 15) is 18.0 Å². The van der Waals surface area contributed by atoms with Gasteiger partial charge in [-0.05, 0) is 36.4 Å². The zero-order valence-electron chi connectivity index (χ0n) is 15.4. The number of hydrogen-bond acceptors (Lipinski definition) is 6. The Morgan fingerprint density at radius 2 is 1.82 bits per heavy atom. The first kappa shape index (κ1) is 19.6. The third kappa shape index (κ3) is 4.04. The Bertz CT molecular complexity index is 1170. The van der Waals surface area contributed by atoms with Gasteiger partial charge < -0.3 is 4.74 Å².